The van der Waals surface area contributed by atoms with Crippen LogP contribution >= 0.6 is 7.82 Å². The molecule has 0 atom stereocenters. The molecule has 42 valence electrons. The van der Waals surface area contributed by atoms with E-state index in [1.807, 2.05) is 0 Å². The minimum atomic E-state index is -4.78. The Hall–Kier alpha value is 2.96. The van der Waals surface area contributed by atoms with Crippen LogP contribution in [0.1, 0.15) is 0 Å². The molecule has 0 amide bonds. The Morgan fingerprint density at radius 1 is 1.44 bits per heavy atom. The molecule has 9 heavy (non-hydrogen) atoms. The van der Waals surface area contributed by atoms with E-state index < -0.39 is 7.82 Å². The van der Waals surface area contributed by atoms with E-state index in [9.17, 15) is 14.4 Å². The van der Waals surface area contributed by atoms with Gasteiger partial charge >= 0.3 is 103 Å². The Morgan fingerprint density at radius 3 is 1.78 bits per heavy atom. The summed E-state index contributed by atoms with van der Waals surface area (Å²) in [4.78, 5) is 18.8. The van der Waals surface area contributed by atoms with Crippen molar-refractivity contribution < 1.29 is 122 Å². The van der Waals surface area contributed by atoms with Crippen molar-refractivity contribution in [3.8, 4) is 0 Å². The molecule has 4 nitrogen and oxygen atoms in total. The first kappa shape index (κ1) is 17.9. The van der Waals surface area contributed by atoms with E-state index in [0.717, 1.165) is 0 Å². The van der Waals surface area contributed by atoms with Crippen molar-refractivity contribution in [2.75, 3.05) is 0 Å². The van der Waals surface area contributed by atoms with Gasteiger partial charge in [0.25, 0.3) is 0 Å². The maximum absolute atomic E-state index is 9.41. The van der Waals surface area contributed by atoms with Gasteiger partial charge in [0, 0.05) is 0 Å². The predicted octanol–water partition coefficient (Wildman–Crippen LogP) is -7.02. The SMILES string of the molecule is C=COP(=O)([O-])[O-].[K+].[K+]. The average Bonchev–Trinajstić information content (AvgIpc) is 1.30. The van der Waals surface area contributed by atoms with Gasteiger partial charge in [-0.05, 0) is 0 Å². The van der Waals surface area contributed by atoms with E-state index in [0.29, 0.717) is 6.26 Å². The summed E-state index contributed by atoms with van der Waals surface area (Å²) in [6.07, 6.45) is 0.570. The van der Waals surface area contributed by atoms with Crippen LogP contribution in [0.4, 0.5) is 0 Å². The van der Waals surface area contributed by atoms with E-state index in [-0.39, 0.29) is 103 Å². The molecule has 0 saturated heterocycles. The van der Waals surface area contributed by atoms with Crippen molar-refractivity contribution in [1.29, 1.82) is 0 Å². The smallest absolute Gasteiger partial charge is 0.780 e. The van der Waals surface area contributed by atoms with Crippen LogP contribution in [-0.2, 0) is 9.09 Å². The van der Waals surface area contributed by atoms with Crippen LogP contribution in [0.25, 0.3) is 0 Å². The summed E-state index contributed by atoms with van der Waals surface area (Å²) in [5, 5.41) is 0. The topological polar surface area (TPSA) is 72.4 Å². The zero-order chi connectivity index (χ0) is 5.91. The zero-order valence-corrected chi connectivity index (χ0v) is 12.5. The van der Waals surface area contributed by atoms with Crippen LogP contribution in [0, 0.1) is 0 Å². The molecule has 0 aromatic heterocycles. The van der Waals surface area contributed by atoms with Crippen LogP contribution in [-0.4, -0.2) is 0 Å². The molecule has 0 fully saturated rings. The number of hydrogen-bond donors (Lipinski definition) is 0. The van der Waals surface area contributed by atoms with Crippen molar-refractivity contribution in [3.05, 3.63) is 12.8 Å². The zero-order valence-electron chi connectivity index (χ0n) is 5.36. The first-order valence-corrected chi connectivity index (χ1v) is 2.83. The predicted molar refractivity (Wildman–Crippen MR) is 18.9 cm³/mol. The normalized spacial score (nSPS) is 8.22. The molecule has 0 aliphatic heterocycles. The number of rotatable bonds is 2. The molecule has 0 heterocycles. The minimum Gasteiger partial charge on any atom is -0.780 e. The third-order valence-electron chi connectivity index (χ3n) is 0.204. The molecule has 0 N–H and O–H groups in total. The van der Waals surface area contributed by atoms with Gasteiger partial charge in [-0.25, -0.2) is 0 Å². The maximum atomic E-state index is 9.41. The largest absolute Gasteiger partial charge is 1.00 e. The molecule has 0 aliphatic carbocycles. The first-order chi connectivity index (χ1) is 3.06. The third kappa shape index (κ3) is 18.2. The molecular weight excluding hydrogens is 197 g/mol. The Morgan fingerprint density at radius 2 is 1.78 bits per heavy atom. The van der Waals surface area contributed by atoms with Crippen molar-refractivity contribution in [2.24, 2.45) is 0 Å². The van der Waals surface area contributed by atoms with Gasteiger partial charge in [-0.2, -0.15) is 0 Å². The second kappa shape index (κ2) is 9.05. The van der Waals surface area contributed by atoms with Crippen molar-refractivity contribution >= 4 is 7.82 Å². The summed E-state index contributed by atoms with van der Waals surface area (Å²) >= 11 is 0. The molecule has 0 radical (unpaired) electrons. The van der Waals surface area contributed by atoms with E-state index >= 15 is 0 Å². The molecular formula is C2H3K2O4P. The van der Waals surface area contributed by atoms with Gasteiger partial charge in [-0.15, -0.1) is 0 Å². The summed E-state index contributed by atoms with van der Waals surface area (Å²) in [5.74, 6) is 0. The van der Waals surface area contributed by atoms with Gasteiger partial charge < -0.3 is 18.9 Å². The Labute approximate surface area is 139 Å². The maximum Gasteiger partial charge on any atom is 1.00 e. The van der Waals surface area contributed by atoms with Gasteiger partial charge in [0.2, 0.25) is 0 Å². The number of phosphoric acid groups is 1. The fourth-order valence-electron chi connectivity index (χ4n) is 0.0913. The fourth-order valence-corrected chi connectivity index (χ4v) is 0.274. The molecule has 0 unspecified atom stereocenters. The van der Waals surface area contributed by atoms with Crippen LogP contribution in [0.5, 0.6) is 0 Å². The summed E-state index contributed by atoms with van der Waals surface area (Å²) in [7, 11) is -4.78. The van der Waals surface area contributed by atoms with E-state index in [1.54, 1.807) is 0 Å². The summed E-state index contributed by atoms with van der Waals surface area (Å²) in [6, 6.07) is 0. The van der Waals surface area contributed by atoms with Crippen LogP contribution in [0.2, 0.25) is 0 Å². The summed E-state index contributed by atoms with van der Waals surface area (Å²) < 4.78 is 12.8. The van der Waals surface area contributed by atoms with E-state index in [1.165, 1.54) is 0 Å². The monoisotopic (exact) mass is 200 g/mol. The summed E-state index contributed by atoms with van der Waals surface area (Å²) in [5.41, 5.74) is 0. The van der Waals surface area contributed by atoms with E-state index in [4.69, 9.17) is 0 Å². The number of phosphoric ester groups is 1. The van der Waals surface area contributed by atoms with Crippen LogP contribution in [0.3, 0.4) is 0 Å². The van der Waals surface area contributed by atoms with Crippen LogP contribution < -0.4 is 113 Å². The Balaban J connectivity index is -0.000000180. The first-order valence-electron chi connectivity index (χ1n) is 1.37. The molecule has 0 spiro atoms. The van der Waals surface area contributed by atoms with Gasteiger partial charge in [0.1, 0.15) is 7.82 Å². The van der Waals surface area contributed by atoms with Crippen molar-refractivity contribution in [1.82, 2.24) is 0 Å². The Bertz CT molecular complexity index is 109. The van der Waals surface area contributed by atoms with Gasteiger partial charge in [0.15, 0.2) is 0 Å². The van der Waals surface area contributed by atoms with Crippen molar-refractivity contribution in [2.45, 2.75) is 0 Å². The van der Waals surface area contributed by atoms with Crippen molar-refractivity contribution in [3.63, 3.8) is 0 Å². The second-order valence-corrected chi connectivity index (χ2v) is 1.82. The van der Waals surface area contributed by atoms with Gasteiger partial charge in [-0.3, -0.25) is 0 Å². The molecule has 7 heteroatoms. The average molecular weight is 200 g/mol. The minimum absolute atomic E-state index is 0. The molecule has 0 rings (SSSR count). The van der Waals surface area contributed by atoms with Crippen LogP contribution in [0.15, 0.2) is 12.8 Å². The summed E-state index contributed by atoms with van der Waals surface area (Å²) in [6.45, 7) is 2.85. The van der Waals surface area contributed by atoms with Gasteiger partial charge in [0.05, 0.1) is 6.26 Å². The standard InChI is InChI=1S/C2H5O4P.2K/c1-2-6-7(3,4)5;;/h2H,1H2,(H2,3,4,5);;/q;2*+1/p-2. The fraction of sp³-hybridized carbons (Fsp3) is 0. The molecule has 0 bridgehead atoms. The van der Waals surface area contributed by atoms with Gasteiger partial charge in [-0.1, -0.05) is 6.58 Å². The quantitative estimate of drug-likeness (QED) is 0.252. The number of hydrogen-bond acceptors (Lipinski definition) is 4. The molecule has 0 saturated carbocycles. The van der Waals surface area contributed by atoms with E-state index in [2.05, 4.69) is 11.1 Å². The Kier molecular flexibility index (Phi) is 18.0. The third-order valence-corrected chi connectivity index (χ3v) is 0.611. The molecule has 0 aromatic carbocycles. The molecule has 0 aromatic rings. The molecule has 0 aliphatic rings. The second-order valence-electron chi connectivity index (χ2n) is 0.719.